The number of likely N-dealkylation sites (tertiary alicyclic amines) is 1. The Labute approximate surface area is 186 Å². The predicted molar refractivity (Wildman–Crippen MR) is 124 cm³/mol. The monoisotopic (exact) mass is 440 g/mol. The minimum atomic E-state index is -0.0998. The van der Waals surface area contributed by atoms with Crippen LogP contribution in [0.15, 0.2) is 52.3 Å². The summed E-state index contributed by atoms with van der Waals surface area (Å²) in [5.41, 5.74) is 2.21. The molecule has 2 aliphatic heterocycles. The number of amides is 2. The van der Waals surface area contributed by atoms with Crippen molar-refractivity contribution in [3.63, 3.8) is 0 Å². The second-order valence-electron chi connectivity index (χ2n) is 8.34. The van der Waals surface area contributed by atoms with Gasteiger partial charge in [0.15, 0.2) is 0 Å². The number of piperidine rings is 1. The molecule has 1 saturated heterocycles. The Balaban J connectivity index is 1.62. The maximum Gasteiger partial charge on any atom is 0.264 e. The van der Waals surface area contributed by atoms with E-state index >= 15 is 0 Å². The summed E-state index contributed by atoms with van der Waals surface area (Å²) >= 11 is 7.67. The lowest BCUT2D eigenvalue weighted by Gasteiger charge is -2.35. The molecule has 6 heteroatoms. The summed E-state index contributed by atoms with van der Waals surface area (Å²) in [6.45, 7) is 5.96. The van der Waals surface area contributed by atoms with Gasteiger partial charge in [-0.05, 0) is 54.2 Å². The van der Waals surface area contributed by atoms with Gasteiger partial charge in [0.25, 0.3) is 11.8 Å². The van der Waals surface area contributed by atoms with Gasteiger partial charge in [-0.25, -0.2) is 0 Å². The van der Waals surface area contributed by atoms with Gasteiger partial charge in [0.05, 0.1) is 10.6 Å². The second kappa shape index (κ2) is 8.48. The fourth-order valence-electron chi connectivity index (χ4n) is 4.27. The molecule has 2 aromatic carbocycles. The van der Waals surface area contributed by atoms with Crippen LogP contribution in [0.25, 0.3) is 6.08 Å². The molecule has 0 aromatic heterocycles. The number of rotatable bonds is 2. The van der Waals surface area contributed by atoms with E-state index in [4.69, 9.17) is 11.6 Å². The number of likely N-dealkylation sites (N-methyl/N-ethyl adjacent to an activating group) is 1. The fraction of sp³-hybridized carbons (Fsp3) is 0.333. The number of fused-ring (bicyclic) bond motifs is 1. The van der Waals surface area contributed by atoms with Crippen molar-refractivity contribution in [2.45, 2.75) is 25.2 Å². The van der Waals surface area contributed by atoms with Crippen molar-refractivity contribution in [3.05, 3.63) is 63.5 Å². The smallest absolute Gasteiger partial charge is 0.264 e. The van der Waals surface area contributed by atoms with Gasteiger partial charge in [-0.3, -0.25) is 9.59 Å². The highest BCUT2D eigenvalue weighted by Crippen LogP contribution is 2.42. The first-order valence-corrected chi connectivity index (χ1v) is 11.4. The Bertz CT molecular complexity index is 1030. The highest BCUT2D eigenvalue weighted by molar-refractivity contribution is 8.04. The molecule has 0 spiro atoms. The largest absolute Gasteiger partial charge is 0.338 e. The molecule has 4 nitrogen and oxygen atoms in total. The van der Waals surface area contributed by atoms with Crippen molar-refractivity contribution >= 4 is 46.9 Å². The van der Waals surface area contributed by atoms with E-state index in [1.165, 1.54) is 11.8 Å². The lowest BCUT2D eigenvalue weighted by atomic mass is 9.91. The normalized spacial score (nSPS) is 22.9. The zero-order valence-electron chi connectivity index (χ0n) is 17.4. The molecule has 2 atom stereocenters. The predicted octanol–water partition coefficient (Wildman–Crippen LogP) is 5.57. The van der Waals surface area contributed by atoms with Crippen molar-refractivity contribution in [1.29, 1.82) is 0 Å². The van der Waals surface area contributed by atoms with E-state index < -0.39 is 0 Å². The number of carbonyl (C=O) groups excluding carboxylic acids is 2. The molecule has 2 aromatic rings. The number of benzene rings is 2. The van der Waals surface area contributed by atoms with Crippen molar-refractivity contribution in [2.24, 2.45) is 11.8 Å². The van der Waals surface area contributed by atoms with Gasteiger partial charge in [0, 0.05) is 35.6 Å². The van der Waals surface area contributed by atoms with Gasteiger partial charge in [-0.15, -0.1) is 0 Å². The van der Waals surface area contributed by atoms with Crippen LogP contribution in [0.3, 0.4) is 0 Å². The van der Waals surface area contributed by atoms with E-state index in [-0.39, 0.29) is 11.8 Å². The van der Waals surface area contributed by atoms with Gasteiger partial charge >= 0.3 is 0 Å². The number of nitrogens with zero attached hydrogens (tertiary/aromatic N) is 2. The maximum absolute atomic E-state index is 13.1. The Morgan fingerprint density at radius 1 is 1.13 bits per heavy atom. The van der Waals surface area contributed by atoms with Gasteiger partial charge in [-0.1, -0.05) is 55.4 Å². The first-order chi connectivity index (χ1) is 14.3. The van der Waals surface area contributed by atoms with Crippen molar-refractivity contribution in [2.75, 3.05) is 25.0 Å². The number of anilines is 1. The molecule has 2 amide bonds. The first kappa shape index (κ1) is 21.0. The summed E-state index contributed by atoms with van der Waals surface area (Å²) in [5, 5.41) is 0.609. The SMILES string of the molecule is CC1CC(C)CN(C(=O)c2ccc3c(c2)N(C)C(=O)/C(=C/c2ccccc2Cl)S3)C1. The van der Waals surface area contributed by atoms with E-state index in [1.54, 1.807) is 11.9 Å². The average Bonchev–Trinajstić information content (AvgIpc) is 2.72. The number of hydrogen-bond donors (Lipinski definition) is 0. The molecule has 156 valence electrons. The van der Waals surface area contributed by atoms with Crippen LogP contribution in [0.2, 0.25) is 5.02 Å². The van der Waals surface area contributed by atoms with Gasteiger partial charge in [0.1, 0.15) is 0 Å². The molecule has 0 saturated carbocycles. The molecule has 0 radical (unpaired) electrons. The number of hydrogen-bond acceptors (Lipinski definition) is 3. The minimum absolute atomic E-state index is 0.0412. The van der Waals surface area contributed by atoms with Crippen LogP contribution < -0.4 is 4.90 Å². The third-order valence-electron chi connectivity index (χ3n) is 5.65. The molecule has 0 N–H and O–H groups in total. The topological polar surface area (TPSA) is 40.6 Å². The van der Waals surface area contributed by atoms with Gasteiger partial charge in [-0.2, -0.15) is 0 Å². The Morgan fingerprint density at radius 2 is 1.83 bits per heavy atom. The molecule has 1 fully saturated rings. The molecular weight excluding hydrogens is 416 g/mol. The van der Waals surface area contributed by atoms with E-state index in [9.17, 15) is 9.59 Å². The lowest BCUT2D eigenvalue weighted by Crippen LogP contribution is -2.42. The van der Waals surface area contributed by atoms with Crippen LogP contribution in [0, 0.1) is 11.8 Å². The summed E-state index contributed by atoms with van der Waals surface area (Å²) < 4.78 is 0. The van der Waals surface area contributed by atoms with Crippen molar-refractivity contribution in [1.82, 2.24) is 4.90 Å². The quantitative estimate of drug-likeness (QED) is 0.573. The van der Waals surface area contributed by atoms with Crippen LogP contribution in [0.4, 0.5) is 5.69 Å². The van der Waals surface area contributed by atoms with Gasteiger partial charge in [0.2, 0.25) is 0 Å². The summed E-state index contributed by atoms with van der Waals surface area (Å²) in [6, 6.07) is 13.1. The highest BCUT2D eigenvalue weighted by Gasteiger charge is 2.30. The molecule has 0 aliphatic carbocycles. The van der Waals surface area contributed by atoms with Crippen LogP contribution in [-0.2, 0) is 4.79 Å². The molecule has 2 aliphatic rings. The van der Waals surface area contributed by atoms with E-state index in [2.05, 4.69) is 13.8 Å². The van der Waals surface area contributed by atoms with Crippen molar-refractivity contribution < 1.29 is 9.59 Å². The number of carbonyl (C=O) groups is 2. The average molecular weight is 441 g/mol. The Morgan fingerprint density at radius 3 is 2.53 bits per heavy atom. The third kappa shape index (κ3) is 4.14. The third-order valence-corrected chi connectivity index (χ3v) is 7.07. The molecule has 2 heterocycles. The van der Waals surface area contributed by atoms with E-state index in [1.807, 2.05) is 53.4 Å². The molecular formula is C24H25ClN2O2S. The second-order valence-corrected chi connectivity index (χ2v) is 9.83. The van der Waals surface area contributed by atoms with Crippen molar-refractivity contribution in [3.8, 4) is 0 Å². The number of thioether (sulfide) groups is 1. The summed E-state index contributed by atoms with van der Waals surface area (Å²) in [7, 11) is 1.75. The fourth-order valence-corrected chi connectivity index (χ4v) is 5.55. The minimum Gasteiger partial charge on any atom is -0.338 e. The molecule has 4 rings (SSSR count). The van der Waals surface area contributed by atoms with Crippen LogP contribution in [0.1, 0.15) is 36.2 Å². The van der Waals surface area contributed by atoms with Crippen LogP contribution in [-0.4, -0.2) is 36.9 Å². The zero-order valence-corrected chi connectivity index (χ0v) is 19.0. The first-order valence-electron chi connectivity index (χ1n) is 10.2. The highest BCUT2D eigenvalue weighted by atomic mass is 35.5. The van der Waals surface area contributed by atoms with Crippen LogP contribution in [0.5, 0.6) is 0 Å². The summed E-state index contributed by atoms with van der Waals surface area (Å²) in [5.74, 6) is 0.956. The Kier molecular flexibility index (Phi) is 5.94. The molecule has 0 bridgehead atoms. The summed E-state index contributed by atoms with van der Waals surface area (Å²) in [6.07, 6.45) is 2.98. The Hall–Kier alpha value is -2.24. The number of halogens is 1. The zero-order chi connectivity index (χ0) is 21.4. The summed E-state index contributed by atoms with van der Waals surface area (Å²) in [4.78, 5) is 31.2. The van der Waals surface area contributed by atoms with E-state index in [0.29, 0.717) is 27.3 Å². The lowest BCUT2D eigenvalue weighted by molar-refractivity contribution is -0.114. The van der Waals surface area contributed by atoms with Gasteiger partial charge < -0.3 is 9.80 Å². The maximum atomic E-state index is 13.1. The molecule has 2 unspecified atom stereocenters. The standard InChI is InChI=1S/C24H25ClN2O2S/c1-15-10-16(2)14-27(13-15)23(28)18-8-9-21-20(11-18)26(3)24(29)22(30-21)12-17-6-4-5-7-19(17)25/h4-9,11-12,15-16H,10,13-14H2,1-3H3/b22-12-. The van der Waals surface area contributed by atoms with E-state index in [0.717, 1.165) is 35.7 Å². The molecule has 30 heavy (non-hydrogen) atoms. The van der Waals surface area contributed by atoms with Crippen LogP contribution >= 0.6 is 23.4 Å².